The smallest absolute Gasteiger partial charge is 0.0403 e. The average Bonchev–Trinajstić information content (AvgIpc) is 2.03. The maximum atomic E-state index is 7.18. The SMILES string of the molecule is CC(C)(C)c1ccc(N)c(C=N)c1. The van der Waals surface area contributed by atoms with E-state index in [1.807, 2.05) is 18.2 Å². The van der Waals surface area contributed by atoms with Crippen molar-refractivity contribution in [3.63, 3.8) is 0 Å². The minimum atomic E-state index is 0.117. The highest BCUT2D eigenvalue weighted by Crippen LogP contribution is 2.24. The van der Waals surface area contributed by atoms with Crippen LogP contribution in [0.1, 0.15) is 31.9 Å². The van der Waals surface area contributed by atoms with Crippen molar-refractivity contribution >= 4 is 11.9 Å². The van der Waals surface area contributed by atoms with Gasteiger partial charge in [-0.3, -0.25) is 0 Å². The molecule has 70 valence electrons. The van der Waals surface area contributed by atoms with Crippen molar-refractivity contribution in [3.8, 4) is 0 Å². The minimum Gasteiger partial charge on any atom is -0.398 e. The predicted molar refractivity (Wildman–Crippen MR) is 57.4 cm³/mol. The van der Waals surface area contributed by atoms with Crippen LogP contribution in [0.3, 0.4) is 0 Å². The first-order chi connectivity index (χ1) is 5.95. The van der Waals surface area contributed by atoms with Crippen molar-refractivity contribution in [2.75, 3.05) is 5.73 Å². The summed E-state index contributed by atoms with van der Waals surface area (Å²) in [5.74, 6) is 0. The first kappa shape index (κ1) is 9.78. The maximum Gasteiger partial charge on any atom is 0.0403 e. The Balaban J connectivity index is 3.21. The summed E-state index contributed by atoms with van der Waals surface area (Å²) >= 11 is 0. The Morgan fingerprint density at radius 2 is 1.92 bits per heavy atom. The number of benzene rings is 1. The topological polar surface area (TPSA) is 49.9 Å². The van der Waals surface area contributed by atoms with Gasteiger partial charge in [-0.05, 0) is 23.1 Å². The van der Waals surface area contributed by atoms with Crippen LogP contribution < -0.4 is 5.73 Å². The predicted octanol–water partition coefficient (Wildman–Crippen LogP) is 2.56. The maximum absolute atomic E-state index is 7.18. The van der Waals surface area contributed by atoms with Crippen LogP contribution in [-0.2, 0) is 5.41 Å². The molecule has 1 aromatic rings. The summed E-state index contributed by atoms with van der Waals surface area (Å²) in [6, 6.07) is 5.85. The van der Waals surface area contributed by atoms with Crippen LogP contribution in [0.2, 0.25) is 0 Å². The van der Waals surface area contributed by atoms with Gasteiger partial charge in [0, 0.05) is 17.5 Å². The van der Waals surface area contributed by atoms with Gasteiger partial charge in [0.15, 0.2) is 0 Å². The molecule has 0 amide bonds. The largest absolute Gasteiger partial charge is 0.398 e. The van der Waals surface area contributed by atoms with E-state index in [0.29, 0.717) is 5.69 Å². The molecular formula is C11H16N2. The van der Waals surface area contributed by atoms with E-state index in [1.165, 1.54) is 11.8 Å². The monoisotopic (exact) mass is 176 g/mol. The van der Waals surface area contributed by atoms with Crippen molar-refractivity contribution in [2.45, 2.75) is 26.2 Å². The highest BCUT2D eigenvalue weighted by Gasteiger charge is 2.13. The third kappa shape index (κ3) is 2.08. The van der Waals surface area contributed by atoms with Gasteiger partial charge < -0.3 is 11.1 Å². The Hall–Kier alpha value is -1.31. The molecule has 0 heterocycles. The molecule has 0 atom stereocenters. The van der Waals surface area contributed by atoms with Gasteiger partial charge in [-0.2, -0.15) is 0 Å². The van der Waals surface area contributed by atoms with E-state index >= 15 is 0 Å². The molecular weight excluding hydrogens is 160 g/mol. The molecule has 0 aliphatic rings. The Kier molecular flexibility index (Phi) is 2.41. The standard InChI is InChI=1S/C11H16N2/c1-11(2,3)9-4-5-10(13)8(6-9)7-12/h4-7,12H,13H2,1-3H3. The molecule has 0 spiro atoms. The van der Waals surface area contributed by atoms with Crippen molar-refractivity contribution in [2.24, 2.45) is 0 Å². The Morgan fingerprint density at radius 1 is 1.31 bits per heavy atom. The molecule has 0 aliphatic heterocycles. The number of nitrogens with one attached hydrogen (secondary N) is 1. The molecule has 3 N–H and O–H groups in total. The van der Waals surface area contributed by atoms with Gasteiger partial charge in [-0.25, -0.2) is 0 Å². The Morgan fingerprint density at radius 3 is 2.38 bits per heavy atom. The number of nitrogen functional groups attached to an aromatic ring is 1. The number of hydrogen-bond acceptors (Lipinski definition) is 2. The highest BCUT2D eigenvalue weighted by molar-refractivity contribution is 5.85. The summed E-state index contributed by atoms with van der Waals surface area (Å²) in [6.07, 6.45) is 1.30. The normalized spacial score (nSPS) is 11.3. The van der Waals surface area contributed by atoms with E-state index in [0.717, 1.165) is 5.56 Å². The van der Waals surface area contributed by atoms with Gasteiger partial charge in [-0.15, -0.1) is 0 Å². The van der Waals surface area contributed by atoms with Crippen molar-refractivity contribution in [1.29, 1.82) is 5.41 Å². The second-order valence-electron chi connectivity index (χ2n) is 4.24. The molecule has 0 radical (unpaired) electrons. The van der Waals surface area contributed by atoms with Crippen LogP contribution in [0.15, 0.2) is 18.2 Å². The zero-order valence-corrected chi connectivity index (χ0v) is 8.39. The lowest BCUT2D eigenvalue weighted by Crippen LogP contribution is -2.11. The summed E-state index contributed by atoms with van der Waals surface area (Å²) < 4.78 is 0. The van der Waals surface area contributed by atoms with E-state index in [1.54, 1.807) is 0 Å². The van der Waals surface area contributed by atoms with Gasteiger partial charge in [-0.1, -0.05) is 26.8 Å². The Labute approximate surface area is 79.3 Å². The molecule has 0 fully saturated rings. The fourth-order valence-corrected chi connectivity index (χ4v) is 1.17. The zero-order chi connectivity index (χ0) is 10.1. The molecule has 0 aliphatic carbocycles. The van der Waals surface area contributed by atoms with E-state index in [2.05, 4.69) is 20.8 Å². The lowest BCUT2D eigenvalue weighted by Gasteiger charge is -2.19. The molecule has 1 rings (SSSR count). The molecule has 0 saturated heterocycles. The fraction of sp³-hybridized carbons (Fsp3) is 0.364. The van der Waals surface area contributed by atoms with Gasteiger partial charge in [0.2, 0.25) is 0 Å². The van der Waals surface area contributed by atoms with Crippen LogP contribution in [0, 0.1) is 5.41 Å². The molecule has 0 bridgehead atoms. The molecule has 1 aromatic carbocycles. The van der Waals surface area contributed by atoms with E-state index < -0.39 is 0 Å². The van der Waals surface area contributed by atoms with Gasteiger partial charge in [0.05, 0.1) is 0 Å². The number of nitrogens with two attached hydrogens (primary N) is 1. The summed E-state index contributed by atoms with van der Waals surface area (Å²) in [5, 5.41) is 7.18. The number of hydrogen-bond donors (Lipinski definition) is 2. The molecule has 2 nitrogen and oxygen atoms in total. The van der Waals surface area contributed by atoms with Gasteiger partial charge in [0.25, 0.3) is 0 Å². The quantitative estimate of drug-likeness (QED) is 0.501. The Bertz CT molecular complexity index is 321. The lowest BCUT2D eigenvalue weighted by molar-refractivity contribution is 0.590. The first-order valence-corrected chi connectivity index (χ1v) is 4.35. The molecule has 0 aromatic heterocycles. The van der Waals surface area contributed by atoms with Crippen LogP contribution in [0.5, 0.6) is 0 Å². The highest BCUT2D eigenvalue weighted by atomic mass is 14.6. The van der Waals surface area contributed by atoms with Gasteiger partial charge >= 0.3 is 0 Å². The summed E-state index contributed by atoms with van der Waals surface area (Å²) in [4.78, 5) is 0. The minimum absolute atomic E-state index is 0.117. The van der Waals surface area contributed by atoms with E-state index in [9.17, 15) is 0 Å². The van der Waals surface area contributed by atoms with Crippen LogP contribution in [-0.4, -0.2) is 6.21 Å². The van der Waals surface area contributed by atoms with E-state index in [4.69, 9.17) is 11.1 Å². The molecule has 0 unspecified atom stereocenters. The number of rotatable bonds is 1. The van der Waals surface area contributed by atoms with Crippen molar-refractivity contribution in [3.05, 3.63) is 29.3 Å². The van der Waals surface area contributed by atoms with Crippen LogP contribution in [0.25, 0.3) is 0 Å². The molecule has 0 saturated carbocycles. The van der Waals surface area contributed by atoms with E-state index in [-0.39, 0.29) is 5.41 Å². The second-order valence-corrected chi connectivity index (χ2v) is 4.24. The lowest BCUT2D eigenvalue weighted by atomic mass is 9.86. The fourth-order valence-electron chi connectivity index (χ4n) is 1.17. The molecule has 13 heavy (non-hydrogen) atoms. The van der Waals surface area contributed by atoms with Crippen molar-refractivity contribution in [1.82, 2.24) is 0 Å². The summed E-state index contributed by atoms with van der Waals surface area (Å²) in [5.41, 5.74) is 8.49. The van der Waals surface area contributed by atoms with Crippen LogP contribution in [0.4, 0.5) is 5.69 Å². The third-order valence-corrected chi connectivity index (χ3v) is 2.11. The van der Waals surface area contributed by atoms with Crippen molar-refractivity contribution < 1.29 is 0 Å². The summed E-state index contributed by atoms with van der Waals surface area (Å²) in [6.45, 7) is 6.44. The summed E-state index contributed by atoms with van der Waals surface area (Å²) in [7, 11) is 0. The average molecular weight is 176 g/mol. The first-order valence-electron chi connectivity index (χ1n) is 4.35. The molecule has 2 heteroatoms. The zero-order valence-electron chi connectivity index (χ0n) is 8.39. The van der Waals surface area contributed by atoms with Crippen LogP contribution >= 0.6 is 0 Å². The number of anilines is 1. The van der Waals surface area contributed by atoms with Gasteiger partial charge in [0.1, 0.15) is 0 Å². The second kappa shape index (κ2) is 3.21. The third-order valence-electron chi connectivity index (χ3n) is 2.11.